The minimum atomic E-state index is 0.0939. The van der Waals surface area contributed by atoms with E-state index in [1.54, 1.807) is 0 Å². The molecule has 0 atom stereocenters. The minimum absolute atomic E-state index is 0.0939. The van der Waals surface area contributed by atoms with Crippen LogP contribution in [-0.2, 0) is 4.74 Å². The summed E-state index contributed by atoms with van der Waals surface area (Å²) in [7, 11) is 0. The molecule has 1 aliphatic rings. The first-order valence-electron chi connectivity index (χ1n) is 6.85. The highest BCUT2D eigenvalue weighted by atomic mass is 79.9. The summed E-state index contributed by atoms with van der Waals surface area (Å²) in [5.41, 5.74) is 1.84. The molecule has 1 aliphatic heterocycles. The van der Waals surface area contributed by atoms with Crippen LogP contribution in [0.25, 0.3) is 0 Å². The normalized spacial score (nSPS) is 16.4. The number of benzene rings is 1. The van der Waals surface area contributed by atoms with E-state index in [9.17, 15) is 4.79 Å². The van der Waals surface area contributed by atoms with E-state index < -0.39 is 0 Å². The van der Waals surface area contributed by atoms with Crippen LogP contribution >= 0.6 is 27.5 Å². The first-order valence-corrected chi connectivity index (χ1v) is 8.17. The fourth-order valence-electron chi connectivity index (χ4n) is 2.41. The number of carbonyl (C=O) groups excluding carboxylic acids is 1. The van der Waals surface area contributed by atoms with Gasteiger partial charge in [-0.05, 0) is 47.8 Å². The Morgan fingerprint density at radius 3 is 2.80 bits per heavy atom. The van der Waals surface area contributed by atoms with E-state index in [1.165, 1.54) is 0 Å². The summed E-state index contributed by atoms with van der Waals surface area (Å²) in [6, 6.07) is 5.86. The van der Waals surface area contributed by atoms with Crippen molar-refractivity contribution in [1.82, 2.24) is 4.90 Å². The lowest BCUT2D eigenvalue weighted by atomic mass is 10.1. The van der Waals surface area contributed by atoms with Gasteiger partial charge in [-0.15, -0.1) is 11.6 Å². The average molecular weight is 361 g/mol. The standard InChI is InChI=1S/C15H19BrClNO2/c1-11-2-3-14(16)13(10-11)15(19)18-7-4-12(5-8-18)20-9-6-17/h2-3,10,12H,4-9H2,1H3. The third kappa shape index (κ3) is 3.96. The van der Waals surface area contributed by atoms with Gasteiger partial charge in [0.05, 0.1) is 18.3 Å². The van der Waals surface area contributed by atoms with Crippen molar-refractivity contribution in [2.45, 2.75) is 25.9 Å². The van der Waals surface area contributed by atoms with Gasteiger partial charge < -0.3 is 9.64 Å². The van der Waals surface area contributed by atoms with Crippen LogP contribution in [0.2, 0.25) is 0 Å². The molecular weight excluding hydrogens is 342 g/mol. The zero-order valence-electron chi connectivity index (χ0n) is 11.6. The number of amides is 1. The zero-order chi connectivity index (χ0) is 14.5. The quantitative estimate of drug-likeness (QED) is 0.768. The number of rotatable bonds is 4. The van der Waals surface area contributed by atoms with E-state index in [1.807, 2.05) is 30.0 Å². The van der Waals surface area contributed by atoms with Crippen molar-refractivity contribution >= 4 is 33.4 Å². The highest BCUT2D eigenvalue weighted by Crippen LogP contribution is 2.22. The molecule has 3 nitrogen and oxygen atoms in total. The minimum Gasteiger partial charge on any atom is -0.377 e. The predicted molar refractivity (Wildman–Crippen MR) is 84.5 cm³/mol. The average Bonchev–Trinajstić information content (AvgIpc) is 2.47. The molecule has 0 spiro atoms. The molecule has 0 N–H and O–H groups in total. The van der Waals surface area contributed by atoms with Crippen molar-refractivity contribution in [3.8, 4) is 0 Å². The third-order valence-electron chi connectivity index (χ3n) is 3.51. The Morgan fingerprint density at radius 2 is 2.15 bits per heavy atom. The molecule has 0 bridgehead atoms. The Hall–Kier alpha value is -0.580. The molecule has 1 heterocycles. The van der Waals surface area contributed by atoms with Gasteiger partial charge in [-0.3, -0.25) is 4.79 Å². The lowest BCUT2D eigenvalue weighted by Crippen LogP contribution is -2.41. The second-order valence-electron chi connectivity index (χ2n) is 5.03. The Kier molecular flexibility index (Phi) is 5.87. The van der Waals surface area contributed by atoms with Crippen LogP contribution < -0.4 is 0 Å². The van der Waals surface area contributed by atoms with Crippen LogP contribution in [-0.4, -0.2) is 42.5 Å². The van der Waals surface area contributed by atoms with E-state index >= 15 is 0 Å². The van der Waals surface area contributed by atoms with Crippen LogP contribution in [0.4, 0.5) is 0 Å². The Morgan fingerprint density at radius 1 is 1.45 bits per heavy atom. The molecule has 0 aliphatic carbocycles. The van der Waals surface area contributed by atoms with E-state index in [-0.39, 0.29) is 12.0 Å². The van der Waals surface area contributed by atoms with Crippen molar-refractivity contribution < 1.29 is 9.53 Å². The summed E-state index contributed by atoms with van der Waals surface area (Å²) in [6.45, 7) is 4.07. The maximum absolute atomic E-state index is 12.5. The fraction of sp³-hybridized carbons (Fsp3) is 0.533. The second kappa shape index (κ2) is 7.43. The monoisotopic (exact) mass is 359 g/mol. The van der Waals surface area contributed by atoms with Gasteiger partial charge in [-0.1, -0.05) is 11.6 Å². The van der Waals surface area contributed by atoms with Crippen LogP contribution in [0.3, 0.4) is 0 Å². The molecule has 0 saturated carbocycles. The first-order chi connectivity index (χ1) is 9.61. The number of alkyl halides is 1. The van der Waals surface area contributed by atoms with E-state index in [0.29, 0.717) is 12.5 Å². The molecule has 1 amide bonds. The molecule has 1 saturated heterocycles. The van der Waals surface area contributed by atoms with Gasteiger partial charge in [0.25, 0.3) is 5.91 Å². The van der Waals surface area contributed by atoms with Crippen LogP contribution in [0.15, 0.2) is 22.7 Å². The lowest BCUT2D eigenvalue weighted by molar-refractivity contribution is 0.0154. The predicted octanol–water partition coefficient (Wildman–Crippen LogP) is 3.62. The van der Waals surface area contributed by atoms with Crippen molar-refractivity contribution in [2.24, 2.45) is 0 Å². The summed E-state index contributed by atoms with van der Waals surface area (Å²) in [5, 5.41) is 0. The van der Waals surface area contributed by atoms with Gasteiger partial charge in [0, 0.05) is 23.4 Å². The van der Waals surface area contributed by atoms with Gasteiger partial charge in [-0.2, -0.15) is 0 Å². The Labute approximate surface area is 133 Å². The summed E-state index contributed by atoms with van der Waals surface area (Å²) in [5.74, 6) is 0.617. The topological polar surface area (TPSA) is 29.5 Å². The van der Waals surface area contributed by atoms with Gasteiger partial charge in [-0.25, -0.2) is 0 Å². The van der Waals surface area contributed by atoms with Crippen molar-refractivity contribution in [3.05, 3.63) is 33.8 Å². The van der Waals surface area contributed by atoms with Crippen molar-refractivity contribution in [3.63, 3.8) is 0 Å². The SMILES string of the molecule is Cc1ccc(Br)c(C(=O)N2CCC(OCCCl)CC2)c1. The van der Waals surface area contributed by atoms with E-state index in [4.69, 9.17) is 16.3 Å². The molecule has 0 unspecified atom stereocenters. The Balaban J connectivity index is 1.96. The second-order valence-corrected chi connectivity index (χ2v) is 6.27. The summed E-state index contributed by atoms with van der Waals surface area (Å²) in [6.07, 6.45) is 2.00. The number of likely N-dealkylation sites (tertiary alicyclic amines) is 1. The molecule has 1 fully saturated rings. The molecule has 0 aromatic heterocycles. The van der Waals surface area contributed by atoms with Gasteiger partial charge >= 0.3 is 0 Å². The number of carbonyl (C=O) groups is 1. The van der Waals surface area contributed by atoms with E-state index in [0.717, 1.165) is 41.5 Å². The highest BCUT2D eigenvalue weighted by Gasteiger charge is 2.25. The summed E-state index contributed by atoms with van der Waals surface area (Å²) >= 11 is 9.07. The van der Waals surface area contributed by atoms with Crippen LogP contribution in [0.1, 0.15) is 28.8 Å². The van der Waals surface area contributed by atoms with Crippen molar-refractivity contribution in [1.29, 1.82) is 0 Å². The number of piperidine rings is 1. The molecule has 0 radical (unpaired) electrons. The number of halogens is 2. The fourth-order valence-corrected chi connectivity index (χ4v) is 2.92. The molecule has 1 aromatic carbocycles. The number of ether oxygens (including phenoxy) is 1. The maximum atomic E-state index is 12.5. The third-order valence-corrected chi connectivity index (χ3v) is 4.36. The van der Waals surface area contributed by atoms with Crippen LogP contribution in [0, 0.1) is 6.92 Å². The molecule has 20 heavy (non-hydrogen) atoms. The maximum Gasteiger partial charge on any atom is 0.255 e. The Bertz CT molecular complexity index is 473. The van der Waals surface area contributed by atoms with E-state index in [2.05, 4.69) is 15.9 Å². The number of hydrogen-bond donors (Lipinski definition) is 0. The molecule has 5 heteroatoms. The smallest absolute Gasteiger partial charge is 0.255 e. The molecule has 110 valence electrons. The van der Waals surface area contributed by atoms with Gasteiger partial charge in [0.1, 0.15) is 0 Å². The lowest BCUT2D eigenvalue weighted by Gasteiger charge is -2.32. The number of nitrogens with zero attached hydrogens (tertiary/aromatic N) is 1. The summed E-state index contributed by atoms with van der Waals surface area (Å²) in [4.78, 5) is 14.4. The largest absolute Gasteiger partial charge is 0.377 e. The number of aryl methyl sites for hydroxylation is 1. The highest BCUT2D eigenvalue weighted by molar-refractivity contribution is 9.10. The number of hydrogen-bond acceptors (Lipinski definition) is 2. The zero-order valence-corrected chi connectivity index (χ0v) is 13.9. The molecule has 2 rings (SSSR count). The van der Waals surface area contributed by atoms with Gasteiger partial charge in [0.15, 0.2) is 0 Å². The molecule has 1 aromatic rings. The van der Waals surface area contributed by atoms with Crippen LogP contribution in [0.5, 0.6) is 0 Å². The van der Waals surface area contributed by atoms with Gasteiger partial charge in [0.2, 0.25) is 0 Å². The van der Waals surface area contributed by atoms with Crippen molar-refractivity contribution in [2.75, 3.05) is 25.6 Å². The first kappa shape index (κ1) is 15.8. The molecular formula is C15H19BrClNO2. The summed E-state index contributed by atoms with van der Waals surface area (Å²) < 4.78 is 6.48.